The predicted molar refractivity (Wildman–Crippen MR) is 73.9 cm³/mol. The molecule has 1 heterocycles. The van der Waals surface area contributed by atoms with E-state index in [4.69, 9.17) is 52.1 Å². The third kappa shape index (κ3) is 3.14. The molecular weight excluding hydrogens is 318 g/mol. The summed E-state index contributed by atoms with van der Waals surface area (Å²) in [5, 5.41) is 0.599. The molecule has 1 aromatic heterocycles. The van der Waals surface area contributed by atoms with Crippen molar-refractivity contribution in [2.75, 3.05) is 5.73 Å². The smallest absolute Gasteiger partial charge is 0.250 e. The molecule has 2 aromatic rings. The second-order valence-electron chi connectivity index (χ2n) is 3.35. The van der Waals surface area contributed by atoms with Gasteiger partial charge in [-0.1, -0.05) is 46.4 Å². The summed E-state index contributed by atoms with van der Waals surface area (Å²) in [4.78, 5) is 11.8. The summed E-state index contributed by atoms with van der Waals surface area (Å²) in [6.07, 6.45) is 0. The quantitative estimate of drug-likeness (QED) is 0.814. The van der Waals surface area contributed by atoms with E-state index in [9.17, 15) is 0 Å². The zero-order chi connectivity index (χ0) is 13.3. The Hall–Kier alpha value is -0.810. The zero-order valence-electron chi connectivity index (χ0n) is 8.74. The van der Waals surface area contributed by atoms with Gasteiger partial charge in [-0.05, 0) is 24.3 Å². The Morgan fingerprint density at radius 3 is 2.11 bits per heavy atom. The van der Waals surface area contributed by atoms with Gasteiger partial charge in [-0.15, -0.1) is 0 Å². The van der Waals surface area contributed by atoms with E-state index in [-0.39, 0.29) is 11.8 Å². The summed E-state index contributed by atoms with van der Waals surface area (Å²) < 4.78 is -1.75. The van der Waals surface area contributed by atoms with Crippen LogP contribution in [0.15, 0.2) is 24.3 Å². The van der Waals surface area contributed by atoms with Crippen LogP contribution in [0.25, 0.3) is 11.4 Å². The van der Waals surface area contributed by atoms with Gasteiger partial charge in [0.15, 0.2) is 11.6 Å². The number of halogens is 4. The molecule has 94 valence electrons. The Morgan fingerprint density at radius 2 is 1.56 bits per heavy atom. The molecule has 8 heteroatoms. The fraction of sp³-hybridized carbons (Fsp3) is 0.100. The van der Waals surface area contributed by atoms with Crippen molar-refractivity contribution in [3.63, 3.8) is 0 Å². The Balaban J connectivity index is 2.52. The lowest BCUT2D eigenvalue weighted by atomic mass is 10.2. The van der Waals surface area contributed by atoms with Crippen LogP contribution in [0.2, 0.25) is 5.02 Å². The molecule has 2 rings (SSSR count). The summed E-state index contributed by atoms with van der Waals surface area (Å²) in [6, 6.07) is 6.87. The monoisotopic (exact) mass is 322 g/mol. The van der Waals surface area contributed by atoms with E-state index in [0.29, 0.717) is 16.4 Å². The minimum absolute atomic E-state index is 0.0173. The molecule has 2 N–H and O–H groups in total. The molecule has 1 aromatic carbocycles. The van der Waals surface area contributed by atoms with Crippen molar-refractivity contribution in [2.24, 2.45) is 0 Å². The first-order valence-corrected chi connectivity index (χ1v) is 6.22. The van der Waals surface area contributed by atoms with Crippen molar-refractivity contribution >= 4 is 52.4 Å². The lowest BCUT2D eigenvalue weighted by Gasteiger charge is -2.10. The highest BCUT2D eigenvalue weighted by atomic mass is 35.6. The molecule has 0 fully saturated rings. The Bertz CT molecular complexity index is 565. The first-order chi connectivity index (χ1) is 8.36. The number of anilines is 1. The van der Waals surface area contributed by atoms with E-state index in [2.05, 4.69) is 15.0 Å². The molecule has 0 saturated heterocycles. The first kappa shape index (κ1) is 13.6. The lowest BCUT2D eigenvalue weighted by molar-refractivity contribution is 0.935. The molecule has 0 aliphatic heterocycles. The highest BCUT2D eigenvalue weighted by Gasteiger charge is 2.28. The molecule has 0 unspecified atom stereocenters. The second kappa shape index (κ2) is 5.05. The largest absolute Gasteiger partial charge is 0.368 e. The van der Waals surface area contributed by atoms with Crippen molar-refractivity contribution in [1.82, 2.24) is 15.0 Å². The highest BCUT2D eigenvalue weighted by Crippen LogP contribution is 2.36. The fourth-order valence-electron chi connectivity index (χ4n) is 1.25. The summed E-state index contributed by atoms with van der Waals surface area (Å²) in [6.45, 7) is 0. The number of benzene rings is 1. The van der Waals surface area contributed by atoms with Gasteiger partial charge in [0.05, 0.1) is 0 Å². The summed E-state index contributed by atoms with van der Waals surface area (Å²) in [7, 11) is 0. The molecule has 0 radical (unpaired) electrons. The van der Waals surface area contributed by atoms with Crippen molar-refractivity contribution < 1.29 is 0 Å². The van der Waals surface area contributed by atoms with E-state index < -0.39 is 3.79 Å². The van der Waals surface area contributed by atoms with Crippen molar-refractivity contribution in [2.45, 2.75) is 3.79 Å². The molecule has 0 saturated carbocycles. The minimum Gasteiger partial charge on any atom is -0.368 e. The van der Waals surface area contributed by atoms with Crippen LogP contribution in [0.3, 0.4) is 0 Å². The van der Waals surface area contributed by atoms with E-state index >= 15 is 0 Å². The zero-order valence-corrected chi connectivity index (χ0v) is 11.8. The second-order valence-corrected chi connectivity index (χ2v) is 6.06. The number of rotatable bonds is 1. The highest BCUT2D eigenvalue weighted by molar-refractivity contribution is 6.66. The van der Waals surface area contributed by atoms with Crippen molar-refractivity contribution in [3.8, 4) is 11.4 Å². The molecule has 4 nitrogen and oxygen atoms in total. The minimum atomic E-state index is -1.75. The summed E-state index contributed by atoms with van der Waals surface area (Å²) in [5.74, 6) is 0.279. The third-order valence-corrected chi connectivity index (χ3v) is 2.77. The predicted octanol–water partition coefficient (Wildman–Crippen LogP) is 3.60. The maximum atomic E-state index is 5.79. The Morgan fingerprint density at radius 1 is 0.944 bits per heavy atom. The van der Waals surface area contributed by atoms with Crippen LogP contribution in [-0.4, -0.2) is 15.0 Å². The van der Waals surface area contributed by atoms with Gasteiger partial charge < -0.3 is 5.73 Å². The number of hydrogen-bond acceptors (Lipinski definition) is 4. The molecule has 0 amide bonds. The topological polar surface area (TPSA) is 64.7 Å². The van der Waals surface area contributed by atoms with Gasteiger partial charge >= 0.3 is 0 Å². The number of hydrogen-bond donors (Lipinski definition) is 1. The van der Waals surface area contributed by atoms with E-state index in [1.54, 1.807) is 24.3 Å². The molecule has 0 atom stereocenters. The Kier molecular flexibility index (Phi) is 3.82. The van der Waals surface area contributed by atoms with Crippen LogP contribution < -0.4 is 5.73 Å². The van der Waals surface area contributed by atoms with Crippen molar-refractivity contribution in [1.29, 1.82) is 0 Å². The molecule has 0 aliphatic rings. The van der Waals surface area contributed by atoms with Crippen LogP contribution >= 0.6 is 46.4 Å². The van der Waals surface area contributed by atoms with Crippen LogP contribution in [0.1, 0.15) is 5.82 Å². The molecule has 0 spiro atoms. The van der Waals surface area contributed by atoms with E-state index in [1.807, 2.05) is 0 Å². The molecule has 18 heavy (non-hydrogen) atoms. The number of aromatic nitrogens is 3. The van der Waals surface area contributed by atoms with Gasteiger partial charge in [0.2, 0.25) is 9.74 Å². The van der Waals surface area contributed by atoms with Gasteiger partial charge in [0.1, 0.15) is 0 Å². The molecule has 0 aliphatic carbocycles. The van der Waals surface area contributed by atoms with Gasteiger partial charge in [-0.2, -0.15) is 9.97 Å². The van der Waals surface area contributed by atoms with E-state index in [0.717, 1.165) is 0 Å². The molecular formula is C10H6Cl4N4. The maximum absolute atomic E-state index is 5.79. The maximum Gasteiger partial charge on any atom is 0.250 e. The lowest BCUT2D eigenvalue weighted by Crippen LogP contribution is -2.12. The van der Waals surface area contributed by atoms with Gasteiger partial charge in [-0.3, -0.25) is 0 Å². The van der Waals surface area contributed by atoms with Crippen LogP contribution in [0.4, 0.5) is 5.95 Å². The fourth-order valence-corrected chi connectivity index (χ4v) is 1.63. The standard InChI is InChI=1S/C10H6Cl4N4/c11-6-3-1-5(2-4-6)7-16-8(10(12,13)14)18-9(15)17-7/h1-4H,(H2,15,16,17,18). The SMILES string of the molecule is Nc1nc(-c2ccc(Cl)cc2)nc(C(Cl)(Cl)Cl)n1. The molecule has 0 bridgehead atoms. The average Bonchev–Trinajstić information content (AvgIpc) is 2.28. The van der Waals surface area contributed by atoms with Crippen molar-refractivity contribution in [3.05, 3.63) is 35.1 Å². The summed E-state index contributed by atoms with van der Waals surface area (Å²) in [5.41, 5.74) is 6.26. The third-order valence-electron chi connectivity index (χ3n) is 2.01. The first-order valence-electron chi connectivity index (χ1n) is 4.71. The van der Waals surface area contributed by atoms with E-state index in [1.165, 1.54) is 0 Å². The van der Waals surface area contributed by atoms with Crippen LogP contribution in [-0.2, 0) is 3.79 Å². The Labute approximate surface area is 123 Å². The number of nitrogens with two attached hydrogens (primary N) is 1. The normalized spacial score (nSPS) is 11.6. The van der Waals surface area contributed by atoms with Crippen LogP contribution in [0, 0.1) is 0 Å². The summed E-state index contributed by atoms with van der Waals surface area (Å²) >= 11 is 22.9. The van der Waals surface area contributed by atoms with Gasteiger partial charge in [0.25, 0.3) is 0 Å². The average molecular weight is 324 g/mol. The van der Waals surface area contributed by atoms with Gasteiger partial charge in [-0.25, -0.2) is 4.98 Å². The number of nitrogen functional groups attached to an aromatic ring is 1. The van der Waals surface area contributed by atoms with Crippen LogP contribution in [0.5, 0.6) is 0 Å². The number of nitrogens with zero attached hydrogens (tertiary/aromatic N) is 3. The van der Waals surface area contributed by atoms with Gasteiger partial charge in [0, 0.05) is 10.6 Å². The number of alkyl halides is 3.